The molecular weight excluding hydrogens is 412 g/mol. The number of hydrogen-bond donors (Lipinski definition) is 2. The summed E-state index contributed by atoms with van der Waals surface area (Å²) < 4.78 is 1.69. The Morgan fingerprint density at radius 2 is 1.68 bits per heavy atom. The number of nitrogens with one attached hydrogen (secondary N) is 2. The molecule has 0 atom stereocenters. The number of halogens is 1. The van der Waals surface area contributed by atoms with Gasteiger partial charge >= 0.3 is 0 Å². The summed E-state index contributed by atoms with van der Waals surface area (Å²) in [7, 11) is 0. The van der Waals surface area contributed by atoms with Crippen molar-refractivity contribution in [3.05, 3.63) is 64.8 Å². The highest BCUT2D eigenvalue weighted by atomic mass is 35.5. The topological polar surface area (TPSA) is 76.0 Å². The number of aromatic nitrogens is 2. The van der Waals surface area contributed by atoms with Crippen LogP contribution in [0.2, 0.25) is 5.02 Å². The lowest BCUT2D eigenvalue weighted by molar-refractivity contribution is -0.114. The SMILES string of the molecule is CC(=O)Nc1c(-c2ccc(Cl)cc2)c(C)nn1-c1ccc(C(=O)NC2CCCC2)cc1. The van der Waals surface area contributed by atoms with Crippen molar-refractivity contribution in [3.63, 3.8) is 0 Å². The molecule has 1 aromatic heterocycles. The summed E-state index contributed by atoms with van der Waals surface area (Å²) in [4.78, 5) is 24.5. The molecule has 1 fully saturated rings. The van der Waals surface area contributed by atoms with E-state index in [4.69, 9.17) is 11.6 Å². The lowest BCUT2D eigenvalue weighted by Gasteiger charge is -2.13. The molecule has 160 valence electrons. The highest BCUT2D eigenvalue weighted by Crippen LogP contribution is 2.34. The Kier molecular flexibility index (Phi) is 6.09. The summed E-state index contributed by atoms with van der Waals surface area (Å²) in [6, 6.07) is 14.9. The number of amides is 2. The van der Waals surface area contributed by atoms with E-state index in [0.717, 1.165) is 35.3 Å². The van der Waals surface area contributed by atoms with E-state index in [-0.39, 0.29) is 17.9 Å². The van der Waals surface area contributed by atoms with E-state index in [0.29, 0.717) is 16.4 Å². The monoisotopic (exact) mass is 436 g/mol. The number of carbonyl (C=O) groups is 2. The molecule has 2 N–H and O–H groups in total. The molecule has 31 heavy (non-hydrogen) atoms. The van der Waals surface area contributed by atoms with Gasteiger partial charge in [0.05, 0.1) is 11.4 Å². The maximum atomic E-state index is 12.5. The highest BCUT2D eigenvalue weighted by Gasteiger charge is 2.20. The van der Waals surface area contributed by atoms with Crippen LogP contribution in [0.25, 0.3) is 16.8 Å². The van der Waals surface area contributed by atoms with Gasteiger partial charge in [-0.15, -0.1) is 0 Å². The molecule has 2 aromatic carbocycles. The Morgan fingerprint density at radius 3 is 2.29 bits per heavy atom. The molecule has 1 saturated carbocycles. The van der Waals surface area contributed by atoms with Gasteiger partial charge in [0, 0.05) is 29.1 Å². The highest BCUT2D eigenvalue weighted by molar-refractivity contribution is 6.30. The van der Waals surface area contributed by atoms with Crippen molar-refractivity contribution in [1.29, 1.82) is 0 Å². The fraction of sp³-hybridized carbons (Fsp3) is 0.292. The molecule has 0 spiro atoms. The van der Waals surface area contributed by atoms with Gasteiger partial charge < -0.3 is 10.6 Å². The molecule has 0 saturated heterocycles. The van der Waals surface area contributed by atoms with E-state index in [2.05, 4.69) is 15.7 Å². The van der Waals surface area contributed by atoms with E-state index in [1.165, 1.54) is 19.8 Å². The summed E-state index contributed by atoms with van der Waals surface area (Å²) in [6.07, 6.45) is 4.43. The van der Waals surface area contributed by atoms with Gasteiger partial charge in [0.1, 0.15) is 5.82 Å². The van der Waals surface area contributed by atoms with Crippen LogP contribution in [-0.2, 0) is 4.79 Å². The molecule has 0 radical (unpaired) electrons. The van der Waals surface area contributed by atoms with Crippen LogP contribution in [0, 0.1) is 6.92 Å². The Morgan fingerprint density at radius 1 is 1.03 bits per heavy atom. The average Bonchev–Trinajstić information content (AvgIpc) is 3.36. The normalized spacial score (nSPS) is 13.9. The van der Waals surface area contributed by atoms with Crippen molar-refractivity contribution in [3.8, 4) is 16.8 Å². The summed E-state index contributed by atoms with van der Waals surface area (Å²) in [5.74, 6) is 0.332. The van der Waals surface area contributed by atoms with Gasteiger partial charge in [0.2, 0.25) is 5.91 Å². The predicted octanol–water partition coefficient (Wildman–Crippen LogP) is 5.13. The van der Waals surface area contributed by atoms with Gasteiger partial charge in [-0.25, -0.2) is 4.68 Å². The second kappa shape index (κ2) is 8.94. The largest absolute Gasteiger partial charge is 0.349 e. The zero-order chi connectivity index (χ0) is 22.0. The minimum atomic E-state index is -0.191. The molecule has 7 heteroatoms. The van der Waals surface area contributed by atoms with Crippen LogP contribution < -0.4 is 10.6 Å². The molecule has 3 aromatic rings. The lowest BCUT2D eigenvalue weighted by atomic mass is 10.1. The minimum Gasteiger partial charge on any atom is -0.349 e. The van der Waals surface area contributed by atoms with E-state index in [9.17, 15) is 9.59 Å². The fourth-order valence-electron chi connectivity index (χ4n) is 4.05. The number of benzene rings is 2. The van der Waals surface area contributed by atoms with Crippen LogP contribution in [0.1, 0.15) is 48.7 Å². The van der Waals surface area contributed by atoms with Crippen molar-refractivity contribution in [1.82, 2.24) is 15.1 Å². The molecule has 1 heterocycles. The zero-order valence-corrected chi connectivity index (χ0v) is 18.4. The number of anilines is 1. The third kappa shape index (κ3) is 4.64. The Bertz CT molecular complexity index is 1100. The molecule has 1 aliphatic carbocycles. The van der Waals surface area contributed by atoms with Gasteiger partial charge in [0.25, 0.3) is 5.91 Å². The van der Waals surface area contributed by atoms with Crippen LogP contribution in [0.3, 0.4) is 0 Å². The summed E-state index contributed by atoms with van der Waals surface area (Å²) >= 11 is 6.03. The second-order valence-electron chi connectivity index (χ2n) is 7.91. The van der Waals surface area contributed by atoms with Gasteiger partial charge in [-0.05, 0) is 61.7 Å². The predicted molar refractivity (Wildman–Crippen MR) is 123 cm³/mol. The maximum absolute atomic E-state index is 12.5. The number of nitrogens with zero attached hydrogens (tertiary/aromatic N) is 2. The Labute approximate surface area is 186 Å². The van der Waals surface area contributed by atoms with Crippen molar-refractivity contribution in [2.75, 3.05) is 5.32 Å². The minimum absolute atomic E-state index is 0.0565. The third-order valence-electron chi connectivity index (χ3n) is 5.55. The number of hydrogen-bond acceptors (Lipinski definition) is 3. The van der Waals surface area contributed by atoms with Gasteiger partial charge in [-0.3, -0.25) is 9.59 Å². The van der Waals surface area contributed by atoms with Crippen LogP contribution in [0.15, 0.2) is 48.5 Å². The number of aryl methyl sites for hydroxylation is 1. The fourth-order valence-corrected chi connectivity index (χ4v) is 4.18. The first-order valence-electron chi connectivity index (χ1n) is 10.5. The van der Waals surface area contributed by atoms with E-state index >= 15 is 0 Å². The number of carbonyl (C=O) groups excluding carboxylic acids is 2. The summed E-state index contributed by atoms with van der Waals surface area (Å²) in [5, 5.41) is 11.3. The third-order valence-corrected chi connectivity index (χ3v) is 5.80. The molecule has 2 amide bonds. The van der Waals surface area contributed by atoms with Crippen LogP contribution in [0.5, 0.6) is 0 Å². The smallest absolute Gasteiger partial charge is 0.251 e. The van der Waals surface area contributed by atoms with Gasteiger partial charge in [0.15, 0.2) is 0 Å². The van der Waals surface area contributed by atoms with Crippen molar-refractivity contribution >= 4 is 29.2 Å². The Hall–Kier alpha value is -3.12. The van der Waals surface area contributed by atoms with E-state index < -0.39 is 0 Å². The molecular formula is C24H25ClN4O2. The van der Waals surface area contributed by atoms with Gasteiger partial charge in [-0.2, -0.15) is 5.10 Å². The average molecular weight is 437 g/mol. The van der Waals surface area contributed by atoms with E-state index in [1.54, 1.807) is 16.8 Å². The summed E-state index contributed by atoms with van der Waals surface area (Å²) in [5.41, 5.74) is 3.87. The maximum Gasteiger partial charge on any atom is 0.251 e. The first kappa shape index (κ1) is 21.1. The zero-order valence-electron chi connectivity index (χ0n) is 17.6. The van der Waals surface area contributed by atoms with Crippen molar-refractivity contribution < 1.29 is 9.59 Å². The van der Waals surface area contributed by atoms with Gasteiger partial charge in [-0.1, -0.05) is 36.6 Å². The first-order chi connectivity index (χ1) is 14.9. The van der Waals surface area contributed by atoms with Crippen LogP contribution in [0.4, 0.5) is 5.82 Å². The van der Waals surface area contributed by atoms with Crippen LogP contribution in [-0.4, -0.2) is 27.6 Å². The molecule has 0 aliphatic heterocycles. The standard InChI is InChI=1S/C24H25ClN4O2/c1-15-22(17-7-11-19(25)12-8-17)23(26-16(2)30)29(28-15)21-13-9-18(10-14-21)24(31)27-20-5-3-4-6-20/h7-14,20H,3-6H2,1-2H3,(H,26,30)(H,27,31). The van der Waals surface area contributed by atoms with Crippen LogP contribution >= 0.6 is 11.6 Å². The molecule has 0 unspecified atom stereocenters. The van der Waals surface area contributed by atoms with Crippen molar-refractivity contribution in [2.24, 2.45) is 0 Å². The quantitative estimate of drug-likeness (QED) is 0.582. The van der Waals surface area contributed by atoms with Crippen molar-refractivity contribution in [2.45, 2.75) is 45.6 Å². The molecule has 1 aliphatic rings. The molecule has 4 rings (SSSR count). The lowest BCUT2D eigenvalue weighted by Crippen LogP contribution is -2.32. The first-order valence-corrected chi connectivity index (χ1v) is 10.8. The second-order valence-corrected chi connectivity index (χ2v) is 8.35. The van der Waals surface area contributed by atoms with E-state index in [1.807, 2.05) is 43.3 Å². The Balaban J connectivity index is 1.67. The summed E-state index contributed by atoms with van der Waals surface area (Å²) in [6.45, 7) is 3.37. The molecule has 6 nitrogen and oxygen atoms in total. The molecule has 0 bridgehead atoms. The number of rotatable bonds is 5.